The molecule has 198 valence electrons. The van der Waals surface area contributed by atoms with E-state index in [4.69, 9.17) is 9.47 Å². The molecule has 0 aromatic heterocycles. The molecule has 5 rings (SSSR count). The molecule has 2 saturated heterocycles. The maximum absolute atomic E-state index is 14.5. The van der Waals surface area contributed by atoms with E-state index in [0.717, 1.165) is 31.3 Å². The van der Waals surface area contributed by atoms with Crippen molar-refractivity contribution in [1.29, 1.82) is 0 Å². The summed E-state index contributed by atoms with van der Waals surface area (Å²) in [6.07, 6.45) is -1.66. The third kappa shape index (κ3) is 4.58. The Balaban J connectivity index is 1.42. The van der Waals surface area contributed by atoms with Crippen LogP contribution in [0.4, 0.5) is 13.2 Å². The van der Waals surface area contributed by atoms with Gasteiger partial charge in [0.2, 0.25) is 5.91 Å². The summed E-state index contributed by atoms with van der Waals surface area (Å²) < 4.78 is 54.6. The average Bonchev–Trinajstić information content (AvgIpc) is 3.70. The van der Waals surface area contributed by atoms with Crippen molar-refractivity contribution >= 4 is 11.8 Å². The van der Waals surface area contributed by atoms with E-state index in [1.807, 2.05) is 24.3 Å². The highest BCUT2D eigenvalue weighted by Crippen LogP contribution is 2.52. The summed E-state index contributed by atoms with van der Waals surface area (Å²) in [6, 6.07) is 14.8. The van der Waals surface area contributed by atoms with Gasteiger partial charge in [-0.25, -0.2) is 0 Å². The Morgan fingerprint density at radius 2 is 1.68 bits per heavy atom. The number of nitrogens with one attached hydrogen (secondary N) is 1. The maximum atomic E-state index is 14.5. The molecule has 1 N–H and O–H groups in total. The van der Waals surface area contributed by atoms with E-state index < -0.39 is 23.1 Å². The Morgan fingerprint density at radius 3 is 2.30 bits per heavy atom. The number of likely N-dealkylation sites (tertiary alicyclic amines) is 1. The molecule has 3 aliphatic rings. The normalized spacial score (nSPS) is 23.3. The molecule has 0 unspecified atom stereocenters. The predicted molar refractivity (Wildman–Crippen MR) is 130 cm³/mol. The quantitative estimate of drug-likeness (QED) is 0.612. The molecule has 37 heavy (non-hydrogen) atoms. The lowest BCUT2D eigenvalue weighted by Gasteiger charge is -2.50. The molecule has 2 atom stereocenters. The van der Waals surface area contributed by atoms with Gasteiger partial charge in [-0.3, -0.25) is 9.59 Å². The number of hydrogen-bond acceptors (Lipinski definition) is 4. The van der Waals surface area contributed by atoms with E-state index >= 15 is 0 Å². The molecule has 9 heteroatoms. The molecule has 0 bridgehead atoms. The van der Waals surface area contributed by atoms with Gasteiger partial charge < -0.3 is 19.7 Å². The minimum atomic E-state index is -4.96. The van der Waals surface area contributed by atoms with Gasteiger partial charge in [-0.05, 0) is 42.7 Å². The summed E-state index contributed by atoms with van der Waals surface area (Å²) in [5, 5.41) is 2.96. The van der Waals surface area contributed by atoms with Crippen LogP contribution in [-0.4, -0.2) is 55.7 Å². The lowest BCUT2D eigenvalue weighted by Crippen LogP contribution is -2.60. The van der Waals surface area contributed by atoms with E-state index in [1.165, 1.54) is 29.2 Å². The zero-order valence-corrected chi connectivity index (χ0v) is 20.7. The summed E-state index contributed by atoms with van der Waals surface area (Å²) >= 11 is 0. The SMILES string of the molecule is CO[C@@](C(=O)N1CCC2(CC1)CC(=O)NC[C@H]2c1ccccc1OC1CC1)(c1ccccc1)C(F)(F)F. The first kappa shape index (κ1) is 25.6. The van der Waals surface area contributed by atoms with Crippen molar-refractivity contribution in [3.8, 4) is 5.75 Å². The average molecular weight is 517 g/mol. The monoisotopic (exact) mass is 516 g/mol. The molecule has 2 aromatic rings. The van der Waals surface area contributed by atoms with Crippen molar-refractivity contribution in [1.82, 2.24) is 10.2 Å². The fourth-order valence-corrected chi connectivity index (χ4v) is 5.92. The number of amides is 2. The van der Waals surface area contributed by atoms with Gasteiger partial charge in [0.1, 0.15) is 5.75 Å². The van der Waals surface area contributed by atoms with E-state index in [0.29, 0.717) is 19.4 Å². The number of rotatable bonds is 6. The number of piperidine rings is 2. The van der Waals surface area contributed by atoms with Crippen LogP contribution in [-0.2, 0) is 19.9 Å². The molecule has 2 aromatic carbocycles. The number of ether oxygens (including phenoxy) is 2. The molecule has 1 spiro atoms. The third-order valence-electron chi connectivity index (χ3n) is 8.10. The van der Waals surface area contributed by atoms with Gasteiger partial charge in [0.25, 0.3) is 11.5 Å². The number of hydrogen-bond donors (Lipinski definition) is 1. The number of halogens is 3. The molecule has 0 radical (unpaired) electrons. The van der Waals surface area contributed by atoms with Crippen LogP contribution in [0.3, 0.4) is 0 Å². The van der Waals surface area contributed by atoms with Crippen LogP contribution >= 0.6 is 0 Å². The van der Waals surface area contributed by atoms with Crippen molar-refractivity contribution in [2.24, 2.45) is 5.41 Å². The van der Waals surface area contributed by atoms with E-state index in [2.05, 4.69) is 5.32 Å². The first-order valence-electron chi connectivity index (χ1n) is 12.7. The Labute approximate surface area is 214 Å². The van der Waals surface area contributed by atoms with Crippen molar-refractivity contribution in [3.63, 3.8) is 0 Å². The standard InChI is InChI=1S/C28H31F3N2O4/c1-36-27(28(29,30)31,19-7-3-2-4-8-19)25(35)33-15-13-26(14-16-33)17-24(34)32-18-22(26)21-9-5-6-10-23(21)37-20-11-12-20/h2-10,20,22H,11-18H2,1H3,(H,32,34)/t22-,27+/m0/s1. The van der Waals surface area contributed by atoms with Crippen molar-refractivity contribution < 1.29 is 32.2 Å². The molecule has 2 aliphatic heterocycles. The number of alkyl halides is 3. The van der Waals surface area contributed by atoms with E-state index in [-0.39, 0.29) is 43.0 Å². The van der Waals surface area contributed by atoms with Crippen LogP contribution in [0.1, 0.15) is 49.1 Å². The zero-order valence-electron chi connectivity index (χ0n) is 20.7. The molecule has 2 amide bonds. The summed E-state index contributed by atoms with van der Waals surface area (Å²) in [5.74, 6) is -0.481. The Bertz CT molecular complexity index is 1140. The molecule has 6 nitrogen and oxygen atoms in total. The number of carbonyl (C=O) groups is 2. The molecule has 2 heterocycles. The van der Waals surface area contributed by atoms with Crippen LogP contribution in [0.5, 0.6) is 5.75 Å². The largest absolute Gasteiger partial charge is 0.490 e. The van der Waals surface area contributed by atoms with Crippen LogP contribution in [0.2, 0.25) is 0 Å². The number of nitrogens with zero attached hydrogens (tertiary/aromatic N) is 1. The van der Waals surface area contributed by atoms with Gasteiger partial charge in [0, 0.05) is 44.6 Å². The first-order chi connectivity index (χ1) is 17.7. The fraction of sp³-hybridized carbons (Fsp3) is 0.500. The van der Waals surface area contributed by atoms with Crippen LogP contribution in [0.25, 0.3) is 0 Å². The highest BCUT2D eigenvalue weighted by molar-refractivity contribution is 5.88. The van der Waals surface area contributed by atoms with Gasteiger partial charge in [-0.15, -0.1) is 0 Å². The van der Waals surface area contributed by atoms with E-state index in [9.17, 15) is 22.8 Å². The maximum Gasteiger partial charge on any atom is 0.430 e. The lowest BCUT2D eigenvalue weighted by atomic mass is 9.62. The molecular formula is C28H31F3N2O4. The minimum absolute atomic E-state index is 0.0682. The lowest BCUT2D eigenvalue weighted by molar-refractivity contribution is -0.271. The molecule has 1 saturated carbocycles. The van der Waals surface area contributed by atoms with E-state index in [1.54, 1.807) is 6.07 Å². The Kier molecular flexibility index (Phi) is 6.68. The molecular weight excluding hydrogens is 485 g/mol. The van der Waals surface area contributed by atoms with Crippen molar-refractivity contribution in [2.45, 2.75) is 55.9 Å². The predicted octanol–water partition coefficient (Wildman–Crippen LogP) is 4.54. The number of methoxy groups -OCH3 is 1. The second-order valence-corrected chi connectivity index (χ2v) is 10.3. The fourth-order valence-electron chi connectivity index (χ4n) is 5.92. The number of carbonyl (C=O) groups excluding carboxylic acids is 2. The molecule has 1 aliphatic carbocycles. The minimum Gasteiger partial charge on any atom is -0.490 e. The van der Waals surface area contributed by atoms with Crippen LogP contribution in [0.15, 0.2) is 54.6 Å². The highest BCUT2D eigenvalue weighted by atomic mass is 19.4. The van der Waals surface area contributed by atoms with Crippen LogP contribution in [0, 0.1) is 5.41 Å². The zero-order chi connectivity index (χ0) is 26.3. The number of benzene rings is 2. The van der Waals surface area contributed by atoms with Gasteiger partial charge in [-0.1, -0.05) is 48.5 Å². The van der Waals surface area contributed by atoms with Gasteiger partial charge >= 0.3 is 6.18 Å². The summed E-state index contributed by atoms with van der Waals surface area (Å²) in [7, 11) is 0.919. The number of para-hydroxylation sites is 1. The van der Waals surface area contributed by atoms with Crippen LogP contribution < -0.4 is 10.1 Å². The van der Waals surface area contributed by atoms with Crippen molar-refractivity contribution in [3.05, 3.63) is 65.7 Å². The smallest absolute Gasteiger partial charge is 0.430 e. The topological polar surface area (TPSA) is 67.9 Å². The van der Waals surface area contributed by atoms with Gasteiger partial charge in [0.05, 0.1) is 6.10 Å². The second kappa shape index (κ2) is 9.67. The summed E-state index contributed by atoms with van der Waals surface area (Å²) in [5.41, 5.74) is -2.83. The highest BCUT2D eigenvalue weighted by Gasteiger charge is 2.64. The van der Waals surface area contributed by atoms with Gasteiger partial charge in [0.15, 0.2) is 0 Å². The summed E-state index contributed by atoms with van der Waals surface area (Å²) in [6.45, 7) is 0.622. The van der Waals surface area contributed by atoms with Crippen molar-refractivity contribution in [2.75, 3.05) is 26.7 Å². The molecule has 3 fully saturated rings. The second-order valence-electron chi connectivity index (χ2n) is 10.3. The third-order valence-corrected chi connectivity index (χ3v) is 8.10. The Hall–Kier alpha value is -3.07. The summed E-state index contributed by atoms with van der Waals surface area (Å²) in [4.78, 5) is 27.3. The first-order valence-corrected chi connectivity index (χ1v) is 12.7. The Morgan fingerprint density at radius 1 is 1.03 bits per heavy atom. The van der Waals surface area contributed by atoms with Gasteiger partial charge in [-0.2, -0.15) is 13.2 Å².